The summed E-state index contributed by atoms with van der Waals surface area (Å²) in [4.78, 5) is 30.8. The van der Waals surface area contributed by atoms with Crippen molar-refractivity contribution in [2.75, 3.05) is 48.2 Å². The number of ether oxygens (including phenoxy) is 1. The molecule has 2 heterocycles. The molecule has 11 heteroatoms. The number of aromatic nitrogens is 2. The van der Waals surface area contributed by atoms with E-state index in [0.29, 0.717) is 17.3 Å². The second-order valence-electron chi connectivity index (χ2n) is 5.17. The number of fused-ring (bicyclic) bond motifs is 1. The standard InChI is InChI=1S/C11H21N6O4P/c1-5-21-11(2,22(18,19)20)17-6-13-7-8(16(3)4)14-10(12)15-9(7)17/h13H,5-6H2,1-4H3,(H2,12,14,15)(H2,18,19,20)/t11-/m1/s1. The molecule has 0 amide bonds. The van der Waals surface area contributed by atoms with Crippen molar-refractivity contribution in [1.29, 1.82) is 0 Å². The third-order valence-corrected chi connectivity index (χ3v) is 4.89. The van der Waals surface area contributed by atoms with Crippen LogP contribution in [0.2, 0.25) is 0 Å². The maximum atomic E-state index is 12.0. The molecule has 2 rings (SSSR count). The fourth-order valence-electron chi connectivity index (χ4n) is 2.30. The van der Waals surface area contributed by atoms with E-state index in [-0.39, 0.29) is 19.2 Å². The third kappa shape index (κ3) is 2.58. The Morgan fingerprint density at radius 3 is 2.64 bits per heavy atom. The number of anilines is 4. The molecule has 0 saturated carbocycles. The van der Waals surface area contributed by atoms with Gasteiger partial charge in [0.15, 0.2) is 11.6 Å². The molecule has 1 atom stereocenters. The average Bonchev–Trinajstić information content (AvgIpc) is 2.80. The summed E-state index contributed by atoms with van der Waals surface area (Å²) >= 11 is 0. The van der Waals surface area contributed by atoms with Gasteiger partial charge in [0.25, 0.3) is 0 Å². The fraction of sp³-hybridized carbons (Fsp3) is 0.636. The van der Waals surface area contributed by atoms with E-state index in [4.69, 9.17) is 10.5 Å². The third-order valence-electron chi connectivity index (χ3n) is 3.44. The van der Waals surface area contributed by atoms with Gasteiger partial charge in [-0.3, -0.25) is 9.46 Å². The van der Waals surface area contributed by atoms with Crippen LogP contribution in [0.4, 0.5) is 23.3 Å². The lowest BCUT2D eigenvalue weighted by Gasteiger charge is -2.38. The SMILES string of the molecule is CCO[C@@](C)(N1CNc2c(N(C)C)nc(N)nc21)P(=O)(O)O. The molecule has 5 N–H and O–H groups in total. The van der Waals surface area contributed by atoms with Crippen LogP contribution in [0.1, 0.15) is 13.8 Å². The zero-order valence-electron chi connectivity index (χ0n) is 12.9. The van der Waals surface area contributed by atoms with E-state index in [2.05, 4.69) is 15.3 Å². The number of rotatable bonds is 5. The molecular formula is C11H21N6O4P. The Morgan fingerprint density at radius 2 is 2.14 bits per heavy atom. The molecule has 124 valence electrons. The quantitative estimate of drug-likeness (QED) is 0.553. The average molecular weight is 332 g/mol. The Labute approximate surface area is 128 Å². The van der Waals surface area contributed by atoms with Crippen molar-refractivity contribution in [3.63, 3.8) is 0 Å². The van der Waals surface area contributed by atoms with E-state index in [1.165, 1.54) is 11.8 Å². The highest BCUT2D eigenvalue weighted by Crippen LogP contribution is 2.56. The van der Waals surface area contributed by atoms with E-state index >= 15 is 0 Å². The molecule has 0 aliphatic carbocycles. The Bertz CT molecular complexity index is 621. The van der Waals surface area contributed by atoms with Gasteiger partial charge in [0, 0.05) is 20.7 Å². The number of hydrogen-bond acceptors (Lipinski definition) is 8. The van der Waals surface area contributed by atoms with Crippen LogP contribution < -0.4 is 20.9 Å². The fourth-order valence-corrected chi connectivity index (χ4v) is 3.08. The number of nitrogens with two attached hydrogens (primary N) is 1. The molecular weight excluding hydrogens is 311 g/mol. The van der Waals surface area contributed by atoms with Gasteiger partial charge in [0.05, 0.1) is 6.67 Å². The molecule has 0 bridgehead atoms. The summed E-state index contributed by atoms with van der Waals surface area (Å²) in [6.07, 6.45) is 0. The van der Waals surface area contributed by atoms with Gasteiger partial charge in [-0.1, -0.05) is 0 Å². The molecule has 1 aliphatic heterocycles. The summed E-state index contributed by atoms with van der Waals surface area (Å²) in [5.41, 5.74) is 4.43. The molecule has 0 saturated heterocycles. The summed E-state index contributed by atoms with van der Waals surface area (Å²) in [5, 5.41) is 3.04. The largest absolute Gasteiger partial charge is 0.377 e. The van der Waals surface area contributed by atoms with E-state index < -0.39 is 13.1 Å². The van der Waals surface area contributed by atoms with Crippen LogP contribution in [0.25, 0.3) is 0 Å². The van der Waals surface area contributed by atoms with E-state index in [1.54, 1.807) is 25.9 Å². The summed E-state index contributed by atoms with van der Waals surface area (Å²) < 4.78 is 17.3. The highest BCUT2D eigenvalue weighted by molar-refractivity contribution is 7.53. The van der Waals surface area contributed by atoms with Gasteiger partial charge in [-0.2, -0.15) is 9.97 Å². The van der Waals surface area contributed by atoms with Crippen LogP contribution in [0.15, 0.2) is 0 Å². The van der Waals surface area contributed by atoms with Crippen LogP contribution in [0, 0.1) is 0 Å². The van der Waals surface area contributed by atoms with Crippen molar-refractivity contribution >= 4 is 30.9 Å². The van der Waals surface area contributed by atoms with Crippen molar-refractivity contribution in [3.05, 3.63) is 0 Å². The van der Waals surface area contributed by atoms with Crippen molar-refractivity contribution < 1.29 is 19.1 Å². The molecule has 1 aromatic rings. The number of hydrogen-bond donors (Lipinski definition) is 4. The smallest absolute Gasteiger partial charge is 0.368 e. The van der Waals surface area contributed by atoms with Crippen LogP contribution in [-0.2, 0) is 9.30 Å². The first-order valence-electron chi connectivity index (χ1n) is 6.67. The maximum absolute atomic E-state index is 12.0. The minimum Gasteiger partial charge on any atom is -0.368 e. The predicted molar refractivity (Wildman–Crippen MR) is 83.8 cm³/mol. The molecule has 0 spiro atoms. The maximum Gasteiger partial charge on any atom is 0.377 e. The normalized spacial score (nSPS) is 16.9. The molecule has 0 aromatic carbocycles. The van der Waals surface area contributed by atoms with Crippen molar-refractivity contribution in [2.24, 2.45) is 0 Å². The van der Waals surface area contributed by atoms with Gasteiger partial charge in [-0.25, -0.2) is 0 Å². The van der Waals surface area contributed by atoms with E-state index in [0.717, 1.165) is 0 Å². The lowest BCUT2D eigenvalue weighted by Crippen LogP contribution is -2.48. The molecule has 0 fully saturated rings. The first kappa shape index (κ1) is 16.8. The zero-order valence-corrected chi connectivity index (χ0v) is 13.8. The van der Waals surface area contributed by atoms with Crippen molar-refractivity contribution in [3.8, 4) is 0 Å². The zero-order chi connectivity index (χ0) is 16.7. The van der Waals surface area contributed by atoms with Gasteiger partial charge < -0.3 is 30.5 Å². The Kier molecular flexibility index (Phi) is 4.22. The lowest BCUT2D eigenvalue weighted by atomic mass is 10.4. The predicted octanol–water partition coefficient (Wildman–Crippen LogP) is 0.202. The highest BCUT2D eigenvalue weighted by atomic mass is 31.2. The molecule has 10 nitrogen and oxygen atoms in total. The van der Waals surface area contributed by atoms with Gasteiger partial charge in [-0.05, 0) is 13.8 Å². The van der Waals surface area contributed by atoms with Crippen LogP contribution in [0.3, 0.4) is 0 Å². The highest BCUT2D eigenvalue weighted by Gasteiger charge is 2.52. The Hall–Kier alpha value is -1.61. The molecule has 1 aliphatic rings. The first-order chi connectivity index (χ1) is 10.1. The summed E-state index contributed by atoms with van der Waals surface area (Å²) in [6.45, 7) is 3.25. The molecule has 0 radical (unpaired) electrons. The second-order valence-corrected chi connectivity index (χ2v) is 7.09. The number of nitrogen functional groups attached to an aromatic ring is 1. The van der Waals surface area contributed by atoms with Gasteiger partial charge in [0.1, 0.15) is 5.69 Å². The van der Waals surface area contributed by atoms with Crippen molar-refractivity contribution in [2.45, 2.75) is 19.3 Å². The van der Waals surface area contributed by atoms with Gasteiger partial charge >= 0.3 is 7.60 Å². The van der Waals surface area contributed by atoms with Gasteiger partial charge in [-0.15, -0.1) is 0 Å². The molecule has 22 heavy (non-hydrogen) atoms. The number of nitrogens with zero attached hydrogens (tertiary/aromatic N) is 4. The van der Waals surface area contributed by atoms with E-state index in [1.807, 2.05) is 0 Å². The minimum atomic E-state index is -4.61. The van der Waals surface area contributed by atoms with E-state index in [9.17, 15) is 14.4 Å². The molecule has 1 aromatic heterocycles. The van der Waals surface area contributed by atoms with Crippen LogP contribution >= 0.6 is 7.60 Å². The summed E-state index contributed by atoms with van der Waals surface area (Å²) in [6, 6.07) is 0. The Morgan fingerprint density at radius 1 is 1.50 bits per heavy atom. The Balaban J connectivity index is 2.58. The van der Waals surface area contributed by atoms with Gasteiger partial charge in [0.2, 0.25) is 11.4 Å². The molecule has 0 unspecified atom stereocenters. The lowest BCUT2D eigenvalue weighted by molar-refractivity contribution is 0.0185. The second kappa shape index (κ2) is 5.54. The van der Waals surface area contributed by atoms with Crippen LogP contribution in [0.5, 0.6) is 0 Å². The van der Waals surface area contributed by atoms with Crippen molar-refractivity contribution in [1.82, 2.24) is 9.97 Å². The summed E-state index contributed by atoms with van der Waals surface area (Å²) in [5.74, 6) is 0.853. The minimum absolute atomic E-state index is 0.0145. The van der Waals surface area contributed by atoms with Crippen LogP contribution in [-0.4, -0.2) is 52.6 Å². The first-order valence-corrected chi connectivity index (χ1v) is 8.29. The monoisotopic (exact) mass is 332 g/mol. The summed E-state index contributed by atoms with van der Waals surface area (Å²) in [7, 11) is -1.04. The topological polar surface area (TPSA) is 137 Å². The number of nitrogens with one attached hydrogen (secondary N) is 1.